The van der Waals surface area contributed by atoms with Crippen molar-refractivity contribution in [3.8, 4) is 0 Å². The van der Waals surface area contributed by atoms with Gasteiger partial charge in [0.1, 0.15) is 0 Å². The molecule has 0 radical (unpaired) electrons. The van der Waals surface area contributed by atoms with E-state index >= 15 is 0 Å². The quantitative estimate of drug-likeness (QED) is 0.591. The van der Waals surface area contributed by atoms with Crippen molar-refractivity contribution in [1.29, 1.82) is 0 Å². The molecule has 0 aliphatic carbocycles. The standard InChI is InChI=1S/C24H23ClN2O3S/c1-17(18-6-3-2-4-7-18)26-24(28)20-9-14-23-19(16-20)8-5-15-27(23)31(29,30)22-12-10-21(25)11-13-22/h2-4,6-7,9-14,16-17H,5,8,15H2,1H3,(H,26,28)/t17-/m0/s1. The van der Waals surface area contributed by atoms with Crippen LogP contribution in [-0.2, 0) is 16.4 Å². The summed E-state index contributed by atoms with van der Waals surface area (Å²) in [6, 6.07) is 21.0. The van der Waals surface area contributed by atoms with Crippen LogP contribution in [0.5, 0.6) is 0 Å². The Kier molecular flexibility index (Phi) is 6.03. The monoisotopic (exact) mass is 454 g/mol. The van der Waals surface area contributed by atoms with Gasteiger partial charge in [-0.1, -0.05) is 41.9 Å². The van der Waals surface area contributed by atoms with E-state index in [1.54, 1.807) is 30.3 Å². The summed E-state index contributed by atoms with van der Waals surface area (Å²) in [6.07, 6.45) is 1.41. The van der Waals surface area contributed by atoms with E-state index in [9.17, 15) is 13.2 Å². The molecule has 0 fully saturated rings. The molecule has 0 unspecified atom stereocenters. The number of fused-ring (bicyclic) bond motifs is 1. The third kappa shape index (κ3) is 4.45. The number of halogens is 1. The van der Waals surface area contributed by atoms with Gasteiger partial charge in [0, 0.05) is 17.1 Å². The number of hydrogen-bond acceptors (Lipinski definition) is 3. The molecule has 31 heavy (non-hydrogen) atoms. The van der Waals surface area contributed by atoms with Gasteiger partial charge in [0.25, 0.3) is 15.9 Å². The van der Waals surface area contributed by atoms with Gasteiger partial charge in [0.2, 0.25) is 0 Å². The van der Waals surface area contributed by atoms with Crippen LogP contribution >= 0.6 is 11.6 Å². The smallest absolute Gasteiger partial charge is 0.264 e. The van der Waals surface area contributed by atoms with Crippen molar-refractivity contribution in [2.45, 2.75) is 30.7 Å². The first-order valence-electron chi connectivity index (χ1n) is 10.1. The van der Waals surface area contributed by atoms with Gasteiger partial charge < -0.3 is 5.32 Å². The highest BCUT2D eigenvalue weighted by Crippen LogP contribution is 2.33. The molecule has 0 bridgehead atoms. The van der Waals surface area contributed by atoms with Gasteiger partial charge in [0.15, 0.2) is 0 Å². The first kappa shape index (κ1) is 21.4. The summed E-state index contributed by atoms with van der Waals surface area (Å²) >= 11 is 5.90. The second-order valence-electron chi connectivity index (χ2n) is 7.58. The van der Waals surface area contributed by atoms with Crippen molar-refractivity contribution in [1.82, 2.24) is 5.32 Å². The van der Waals surface area contributed by atoms with E-state index in [4.69, 9.17) is 11.6 Å². The predicted octanol–water partition coefficient (Wildman–Crippen LogP) is 4.97. The summed E-state index contributed by atoms with van der Waals surface area (Å²) < 4.78 is 27.8. The van der Waals surface area contributed by atoms with Gasteiger partial charge in [-0.05, 0) is 73.4 Å². The fourth-order valence-electron chi connectivity index (χ4n) is 3.79. The highest BCUT2D eigenvalue weighted by atomic mass is 35.5. The molecule has 0 spiro atoms. The van der Waals surface area contributed by atoms with Gasteiger partial charge in [-0.15, -0.1) is 0 Å². The van der Waals surface area contributed by atoms with Gasteiger partial charge in [-0.3, -0.25) is 9.10 Å². The predicted molar refractivity (Wildman–Crippen MR) is 123 cm³/mol. The molecule has 1 N–H and O–H groups in total. The summed E-state index contributed by atoms with van der Waals surface area (Å²) in [5, 5.41) is 3.49. The minimum absolute atomic E-state index is 0.133. The van der Waals surface area contributed by atoms with Crippen molar-refractivity contribution < 1.29 is 13.2 Å². The molecule has 1 heterocycles. The van der Waals surface area contributed by atoms with E-state index in [-0.39, 0.29) is 16.8 Å². The second kappa shape index (κ2) is 8.73. The highest BCUT2D eigenvalue weighted by Gasteiger charge is 2.29. The lowest BCUT2D eigenvalue weighted by atomic mass is 10.00. The summed E-state index contributed by atoms with van der Waals surface area (Å²) in [5.41, 5.74) is 3.01. The Morgan fingerprint density at radius 2 is 1.74 bits per heavy atom. The van der Waals surface area contributed by atoms with E-state index in [2.05, 4.69) is 5.32 Å². The second-order valence-corrected chi connectivity index (χ2v) is 9.88. The van der Waals surface area contributed by atoms with Gasteiger partial charge in [0.05, 0.1) is 16.6 Å². The number of carbonyl (C=O) groups excluding carboxylic acids is 1. The Balaban J connectivity index is 1.58. The van der Waals surface area contributed by atoms with Crippen molar-refractivity contribution in [3.63, 3.8) is 0 Å². The largest absolute Gasteiger partial charge is 0.346 e. The average molecular weight is 455 g/mol. The minimum atomic E-state index is -3.71. The molecular formula is C24H23ClN2O3S. The van der Waals surface area contributed by atoms with Crippen molar-refractivity contribution in [2.24, 2.45) is 0 Å². The zero-order valence-corrected chi connectivity index (χ0v) is 18.7. The maximum absolute atomic E-state index is 13.2. The zero-order valence-electron chi connectivity index (χ0n) is 17.1. The van der Waals surface area contributed by atoms with E-state index in [1.165, 1.54) is 16.4 Å². The van der Waals surface area contributed by atoms with Crippen LogP contribution < -0.4 is 9.62 Å². The van der Waals surface area contributed by atoms with Crippen LogP contribution in [0.3, 0.4) is 0 Å². The van der Waals surface area contributed by atoms with E-state index in [0.29, 0.717) is 29.2 Å². The Morgan fingerprint density at radius 1 is 1.03 bits per heavy atom. The van der Waals surface area contributed by atoms with Crippen molar-refractivity contribution in [3.05, 3.63) is 94.5 Å². The third-order valence-electron chi connectivity index (χ3n) is 5.47. The first-order valence-corrected chi connectivity index (χ1v) is 11.9. The van der Waals surface area contributed by atoms with Crippen LogP contribution in [0.2, 0.25) is 5.02 Å². The number of benzene rings is 3. The molecule has 160 valence electrons. The van der Waals surface area contributed by atoms with E-state index < -0.39 is 10.0 Å². The Labute approximate surface area is 187 Å². The van der Waals surface area contributed by atoms with Crippen LogP contribution in [0.25, 0.3) is 0 Å². The van der Waals surface area contributed by atoms with Gasteiger partial charge in [-0.25, -0.2) is 8.42 Å². The molecule has 5 nitrogen and oxygen atoms in total. The topological polar surface area (TPSA) is 66.5 Å². The Bertz CT molecular complexity index is 1200. The SMILES string of the molecule is C[C@H](NC(=O)c1ccc2c(c1)CCCN2S(=O)(=O)c1ccc(Cl)cc1)c1ccccc1. The first-order chi connectivity index (χ1) is 14.9. The third-order valence-corrected chi connectivity index (χ3v) is 7.55. The number of sulfonamides is 1. The number of hydrogen-bond donors (Lipinski definition) is 1. The maximum Gasteiger partial charge on any atom is 0.264 e. The van der Waals surface area contributed by atoms with Crippen LogP contribution in [0, 0.1) is 0 Å². The Hall–Kier alpha value is -2.83. The van der Waals surface area contributed by atoms with Crippen molar-refractivity contribution >= 4 is 33.2 Å². The van der Waals surface area contributed by atoms with Crippen molar-refractivity contribution in [2.75, 3.05) is 10.8 Å². The summed E-state index contributed by atoms with van der Waals surface area (Å²) in [5.74, 6) is -0.183. The Morgan fingerprint density at radius 3 is 2.45 bits per heavy atom. The number of nitrogens with zero attached hydrogens (tertiary/aromatic N) is 1. The molecule has 0 saturated carbocycles. The molecule has 3 aromatic carbocycles. The number of nitrogens with one attached hydrogen (secondary N) is 1. The fraction of sp³-hybridized carbons (Fsp3) is 0.208. The lowest BCUT2D eigenvalue weighted by molar-refractivity contribution is 0.0940. The number of anilines is 1. The number of carbonyl (C=O) groups is 1. The molecule has 0 aromatic heterocycles. The minimum Gasteiger partial charge on any atom is -0.346 e. The molecule has 1 aliphatic heterocycles. The lowest BCUT2D eigenvalue weighted by Gasteiger charge is -2.31. The van der Waals surface area contributed by atoms with Crippen LogP contribution in [0.4, 0.5) is 5.69 Å². The molecule has 0 saturated heterocycles. The molecule has 1 aliphatic rings. The summed E-state index contributed by atoms with van der Waals surface area (Å²) in [6.45, 7) is 2.33. The molecule has 1 amide bonds. The lowest BCUT2D eigenvalue weighted by Crippen LogP contribution is -2.35. The number of aryl methyl sites for hydroxylation is 1. The normalized spacial score (nSPS) is 14.6. The van der Waals surface area contributed by atoms with E-state index in [1.807, 2.05) is 37.3 Å². The fourth-order valence-corrected chi connectivity index (χ4v) is 5.46. The maximum atomic E-state index is 13.2. The van der Waals surface area contributed by atoms with Crippen LogP contribution in [-0.4, -0.2) is 20.9 Å². The van der Waals surface area contributed by atoms with Crippen LogP contribution in [0.15, 0.2) is 77.7 Å². The molecule has 7 heteroatoms. The highest BCUT2D eigenvalue weighted by molar-refractivity contribution is 7.92. The molecule has 4 rings (SSSR count). The summed E-state index contributed by atoms with van der Waals surface area (Å²) in [4.78, 5) is 13.0. The van der Waals surface area contributed by atoms with Gasteiger partial charge >= 0.3 is 0 Å². The van der Waals surface area contributed by atoms with Crippen LogP contribution in [0.1, 0.15) is 40.9 Å². The molecule has 1 atom stereocenters. The molecular weight excluding hydrogens is 432 g/mol. The average Bonchev–Trinajstić information content (AvgIpc) is 2.79. The van der Waals surface area contributed by atoms with Gasteiger partial charge in [-0.2, -0.15) is 0 Å². The zero-order chi connectivity index (χ0) is 22.0. The number of rotatable bonds is 5. The number of amides is 1. The van der Waals surface area contributed by atoms with E-state index in [0.717, 1.165) is 17.5 Å². The molecule has 3 aromatic rings. The summed E-state index contributed by atoms with van der Waals surface area (Å²) in [7, 11) is -3.71.